The zero-order chi connectivity index (χ0) is 15.5. The van der Waals surface area contributed by atoms with Crippen molar-refractivity contribution in [1.82, 2.24) is 15.0 Å². The van der Waals surface area contributed by atoms with Gasteiger partial charge in [0.15, 0.2) is 0 Å². The SMILES string of the molecule is c1cncc(CNc2nccc(N3CCc4ccccc43)n2)c1. The molecule has 1 aliphatic rings. The van der Waals surface area contributed by atoms with Gasteiger partial charge in [0.25, 0.3) is 0 Å². The van der Waals surface area contributed by atoms with Crippen molar-refractivity contribution in [3.8, 4) is 0 Å². The maximum Gasteiger partial charge on any atom is 0.224 e. The monoisotopic (exact) mass is 303 g/mol. The van der Waals surface area contributed by atoms with Crippen LogP contribution in [0.1, 0.15) is 11.1 Å². The summed E-state index contributed by atoms with van der Waals surface area (Å²) in [7, 11) is 0. The minimum absolute atomic E-state index is 0.635. The molecule has 1 N–H and O–H groups in total. The van der Waals surface area contributed by atoms with E-state index in [-0.39, 0.29) is 0 Å². The van der Waals surface area contributed by atoms with E-state index in [2.05, 4.69) is 49.4 Å². The molecule has 3 heterocycles. The standard InChI is InChI=1S/C18H17N5/c1-2-6-16-15(5-1)8-11-23(16)17-7-10-20-18(22-17)21-13-14-4-3-9-19-12-14/h1-7,9-10,12H,8,11,13H2,(H,20,21,22). The summed E-state index contributed by atoms with van der Waals surface area (Å²) in [6, 6.07) is 14.4. The van der Waals surface area contributed by atoms with Crippen LogP contribution in [0.15, 0.2) is 61.1 Å². The normalized spacial score (nSPS) is 13.0. The van der Waals surface area contributed by atoms with E-state index < -0.39 is 0 Å². The lowest BCUT2D eigenvalue weighted by Gasteiger charge is -2.18. The molecule has 0 fully saturated rings. The zero-order valence-corrected chi connectivity index (χ0v) is 12.7. The van der Waals surface area contributed by atoms with Gasteiger partial charge in [0, 0.05) is 37.4 Å². The Hall–Kier alpha value is -2.95. The summed E-state index contributed by atoms with van der Waals surface area (Å²) in [4.78, 5) is 15.3. The zero-order valence-electron chi connectivity index (χ0n) is 12.7. The van der Waals surface area contributed by atoms with Crippen LogP contribution in [0.4, 0.5) is 17.5 Å². The minimum atomic E-state index is 0.635. The van der Waals surface area contributed by atoms with E-state index in [4.69, 9.17) is 0 Å². The number of aromatic nitrogens is 3. The first-order valence-electron chi connectivity index (χ1n) is 7.71. The maximum atomic E-state index is 4.65. The Balaban J connectivity index is 1.53. The number of pyridine rings is 1. The molecule has 23 heavy (non-hydrogen) atoms. The number of anilines is 3. The second-order valence-corrected chi connectivity index (χ2v) is 5.48. The van der Waals surface area contributed by atoms with Crippen LogP contribution in [-0.2, 0) is 13.0 Å². The first kappa shape index (κ1) is 13.7. The van der Waals surface area contributed by atoms with Crippen molar-refractivity contribution < 1.29 is 0 Å². The molecule has 0 amide bonds. The van der Waals surface area contributed by atoms with E-state index in [1.165, 1.54) is 11.3 Å². The lowest BCUT2D eigenvalue weighted by molar-refractivity contribution is 0.956. The van der Waals surface area contributed by atoms with E-state index in [0.717, 1.165) is 24.3 Å². The summed E-state index contributed by atoms with van der Waals surface area (Å²) < 4.78 is 0. The molecule has 0 atom stereocenters. The molecule has 0 radical (unpaired) electrons. The summed E-state index contributed by atoms with van der Waals surface area (Å²) in [6.07, 6.45) is 6.46. The van der Waals surface area contributed by atoms with E-state index in [0.29, 0.717) is 12.5 Å². The average Bonchev–Trinajstić information content (AvgIpc) is 3.05. The van der Waals surface area contributed by atoms with Crippen molar-refractivity contribution in [1.29, 1.82) is 0 Å². The fourth-order valence-corrected chi connectivity index (χ4v) is 2.84. The number of hydrogen-bond donors (Lipinski definition) is 1. The van der Waals surface area contributed by atoms with E-state index in [1.807, 2.05) is 24.4 Å². The van der Waals surface area contributed by atoms with Crippen molar-refractivity contribution in [3.05, 3.63) is 72.2 Å². The smallest absolute Gasteiger partial charge is 0.224 e. The van der Waals surface area contributed by atoms with Crippen molar-refractivity contribution in [2.75, 3.05) is 16.8 Å². The van der Waals surface area contributed by atoms with Gasteiger partial charge in [-0.2, -0.15) is 4.98 Å². The van der Waals surface area contributed by atoms with Crippen LogP contribution < -0.4 is 10.2 Å². The van der Waals surface area contributed by atoms with Crippen molar-refractivity contribution in [2.24, 2.45) is 0 Å². The molecule has 0 saturated heterocycles. The van der Waals surface area contributed by atoms with Crippen LogP contribution in [0.5, 0.6) is 0 Å². The fourth-order valence-electron chi connectivity index (χ4n) is 2.84. The molecule has 1 aromatic carbocycles. The molecule has 5 heteroatoms. The molecular formula is C18H17N5. The Morgan fingerprint density at radius 3 is 2.91 bits per heavy atom. The van der Waals surface area contributed by atoms with Crippen LogP contribution >= 0.6 is 0 Å². The number of fused-ring (bicyclic) bond motifs is 1. The minimum Gasteiger partial charge on any atom is -0.350 e. The third-order valence-electron chi connectivity index (χ3n) is 3.98. The molecule has 0 bridgehead atoms. The lowest BCUT2D eigenvalue weighted by atomic mass is 10.2. The molecule has 5 nitrogen and oxygen atoms in total. The topological polar surface area (TPSA) is 53.9 Å². The number of para-hydroxylation sites is 1. The van der Waals surface area contributed by atoms with Crippen molar-refractivity contribution in [2.45, 2.75) is 13.0 Å². The molecule has 4 rings (SSSR count). The Morgan fingerprint density at radius 2 is 2.00 bits per heavy atom. The summed E-state index contributed by atoms with van der Waals surface area (Å²) in [5.74, 6) is 1.56. The van der Waals surface area contributed by atoms with Gasteiger partial charge in [-0.15, -0.1) is 0 Å². The van der Waals surface area contributed by atoms with E-state index >= 15 is 0 Å². The summed E-state index contributed by atoms with van der Waals surface area (Å²) >= 11 is 0. The summed E-state index contributed by atoms with van der Waals surface area (Å²) in [5, 5.41) is 3.26. The molecule has 0 spiro atoms. The van der Waals surface area contributed by atoms with Crippen LogP contribution in [0.2, 0.25) is 0 Å². The van der Waals surface area contributed by atoms with Crippen LogP contribution in [-0.4, -0.2) is 21.5 Å². The van der Waals surface area contributed by atoms with E-state index in [1.54, 1.807) is 12.4 Å². The Kier molecular flexibility index (Phi) is 3.60. The third kappa shape index (κ3) is 2.85. The molecule has 0 unspecified atom stereocenters. The average molecular weight is 303 g/mol. The molecule has 1 aliphatic heterocycles. The Labute approximate surface area is 135 Å². The van der Waals surface area contributed by atoms with Gasteiger partial charge in [0.05, 0.1) is 0 Å². The van der Waals surface area contributed by atoms with Gasteiger partial charge < -0.3 is 10.2 Å². The van der Waals surface area contributed by atoms with Crippen molar-refractivity contribution in [3.63, 3.8) is 0 Å². The molecular weight excluding hydrogens is 286 g/mol. The number of nitrogens with one attached hydrogen (secondary N) is 1. The second kappa shape index (κ2) is 6.04. The van der Waals surface area contributed by atoms with Gasteiger partial charge >= 0.3 is 0 Å². The van der Waals surface area contributed by atoms with Crippen LogP contribution in [0.3, 0.4) is 0 Å². The van der Waals surface area contributed by atoms with Gasteiger partial charge in [-0.1, -0.05) is 24.3 Å². The summed E-state index contributed by atoms with van der Waals surface area (Å²) in [6.45, 7) is 1.62. The quantitative estimate of drug-likeness (QED) is 0.802. The molecule has 114 valence electrons. The Morgan fingerprint density at radius 1 is 1.04 bits per heavy atom. The molecule has 0 saturated carbocycles. The first-order valence-corrected chi connectivity index (χ1v) is 7.71. The second-order valence-electron chi connectivity index (χ2n) is 5.48. The molecule has 3 aromatic rings. The molecule has 2 aromatic heterocycles. The van der Waals surface area contributed by atoms with E-state index in [9.17, 15) is 0 Å². The highest BCUT2D eigenvalue weighted by Crippen LogP contribution is 2.33. The predicted octanol–water partition coefficient (Wildman–Crippen LogP) is 3.18. The summed E-state index contributed by atoms with van der Waals surface area (Å²) in [5.41, 5.74) is 3.72. The fraction of sp³-hybridized carbons (Fsp3) is 0.167. The van der Waals surface area contributed by atoms with Crippen LogP contribution in [0.25, 0.3) is 0 Å². The number of rotatable bonds is 4. The van der Waals surface area contributed by atoms with Gasteiger partial charge in [-0.25, -0.2) is 4.98 Å². The maximum absolute atomic E-state index is 4.65. The van der Waals surface area contributed by atoms with Gasteiger partial charge in [0.1, 0.15) is 5.82 Å². The first-order chi connectivity index (χ1) is 11.4. The highest BCUT2D eigenvalue weighted by molar-refractivity contribution is 5.67. The number of hydrogen-bond acceptors (Lipinski definition) is 5. The van der Waals surface area contributed by atoms with Gasteiger partial charge in [-0.05, 0) is 35.7 Å². The molecule has 0 aliphatic carbocycles. The highest BCUT2D eigenvalue weighted by Gasteiger charge is 2.20. The number of benzene rings is 1. The number of nitrogens with zero attached hydrogens (tertiary/aromatic N) is 4. The lowest BCUT2D eigenvalue weighted by Crippen LogP contribution is -2.16. The van der Waals surface area contributed by atoms with Crippen molar-refractivity contribution >= 4 is 17.5 Å². The van der Waals surface area contributed by atoms with Gasteiger partial charge in [0.2, 0.25) is 5.95 Å². The third-order valence-corrected chi connectivity index (χ3v) is 3.98. The predicted molar refractivity (Wildman–Crippen MR) is 90.7 cm³/mol. The largest absolute Gasteiger partial charge is 0.350 e. The highest BCUT2D eigenvalue weighted by atomic mass is 15.2. The van der Waals surface area contributed by atoms with Crippen LogP contribution in [0, 0.1) is 0 Å². The van der Waals surface area contributed by atoms with Gasteiger partial charge in [-0.3, -0.25) is 4.98 Å². The Bertz CT molecular complexity index is 803.